The molecule has 0 saturated carbocycles. The summed E-state index contributed by atoms with van der Waals surface area (Å²) in [4.78, 5) is 8.73. The van der Waals surface area contributed by atoms with Gasteiger partial charge in [0.15, 0.2) is 0 Å². The van der Waals surface area contributed by atoms with Crippen molar-refractivity contribution in [2.24, 2.45) is 0 Å². The van der Waals surface area contributed by atoms with Gasteiger partial charge >= 0.3 is 0 Å². The largest absolute Gasteiger partial charge is 0.472 e. The lowest BCUT2D eigenvalue weighted by Gasteiger charge is -2.13. The van der Waals surface area contributed by atoms with Crippen molar-refractivity contribution in [3.8, 4) is 5.88 Å². The molecule has 1 aromatic carbocycles. The van der Waals surface area contributed by atoms with E-state index in [1.54, 1.807) is 0 Å². The molecule has 0 spiro atoms. The molecule has 2 rings (SSSR count). The average molecular weight is 336 g/mol. The summed E-state index contributed by atoms with van der Waals surface area (Å²) in [6.07, 6.45) is 0. The minimum atomic E-state index is 0.212. The van der Waals surface area contributed by atoms with Crippen molar-refractivity contribution in [1.82, 2.24) is 9.97 Å². The first kappa shape index (κ1) is 14.8. The van der Waals surface area contributed by atoms with Gasteiger partial charge in [0.25, 0.3) is 0 Å². The first-order valence-electron chi connectivity index (χ1n) is 6.49. The van der Waals surface area contributed by atoms with Gasteiger partial charge in [-0.15, -0.1) is 0 Å². The van der Waals surface area contributed by atoms with Crippen LogP contribution in [0.25, 0.3) is 0 Å². The van der Waals surface area contributed by atoms with Gasteiger partial charge in [-0.25, -0.2) is 4.98 Å². The topological polar surface area (TPSA) is 61.0 Å². The van der Waals surface area contributed by atoms with E-state index in [0.29, 0.717) is 24.1 Å². The van der Waals surface area contributed by atoms with E-state index in [2.05, 4.69) is 25.9 Å². The second-order valence-corrected chi connectivity index (χ2v) is 5.79. The molecule has 20 heavy (non-hydrogen) atoms. The molecule has 1 heterocycles. The number of ether oxygens (including phenoxy) is 1. The number of benzene rings is 1. The number of nitrogens with two attached hydrogens (primary N) is 1. The molecule has 0 bridgehead atoms. The molecule has 0 radical (unpaired) electrons. The van der Waals surface area contributed by atoms with Crippen molar-refractivity contribution in [2.75, 3.05) is 5.73 Å². The Bertz CT molecular complexity index is 614. The minimum Gasteiger partial charge on any atom is -0.472 e. The third-order valence-electron chi connectivity index (χ3n) is 2.99. The van der Waals surface area contributed by atoms with Crippen LogP contribution in [0.1, 0.15) is 36.7 Å². The average Bonchev–Trinajstić information content (AvgIpc) is 2.41. The second-order valence-electron chi connectivity index (χ2n) is 4.93. The van der Waals surface area contributed by atoms with E-state index < -0.39 is 0 Å². The first-order chi connectivity index (χ1) is 9.49. The van der Waals surface area contributed by atoms with Gasteiger partial charge in [0.05, 0.1) is 5.56 Å². The molecule has 0 aliphatic carbocycles. The van der Waals surface area contributed by atoms with E-state index in [1.165, 1.54) is 0 Å². The van der Waals surface area contributed by atoms with E-state index in [9.17, 15) is 0 Å². The Kier molecular flexibility index (Phi) is 4.60. The monoisotopic (exact) mass is 335 g/mol. The zero-order valence-corrected chi connectivity index (χ0v) is 13.4. The van der Waals surface area contributed by atoms with Crippen LogP contribution in [0.5, 0.6) is 5.88 Å². The summed E-state index contributed by atoms with van der Waals surface area (Å²) in [6.45, 7) is 6.37. The molecular formula is C15H18BrN3O. The summed E-state index contributed by atoms with van der Waals surface area (Å²) in [7, 11) is 0. The highest BCUT2D eigenvalue weighted by molar-refractivity contribution is 9.10. The zero-order valence-electron chi connectivity index (χ0n) is 11.9. The first-order valence-corrected chi connectivity index (χ1v) is 7.28. The lowest BCUT2D eigenvalue weighted by Crippen LogP contribution is -2.08. The Morgan fingerprint density at radius 3 is 2.60 bits per heavy atom. The highest BCUT2D eigenvalue weighted by Crippen LogP contribution is 2.24. The van der Waals surface area contributed by atoms with E-state index in [1.807, 2.05) is 45.0 Å². The highest BCUT2D eigenvalue weighted by Gasteiger charge is 2.12. The van der Waals surface area contributed by atoms with Crippen molar-refractivity contribution >= 4 is 21.7 Å². The van der Waals surface area contributed by atoms with Crippen LogP contribution in [-0.2, 0) is 6.61 Å². The van der Waals surface area contributed by atoms with E-state index in [-0.39, 0.29) is 5.92 Å². The van der Waals surface area contributed by atoms with Gasteiger partial charge in [0.2, 0.25) is 5.88 Å². The number of hydrogen-bond acceptors (Lipinski definition) is 4. The third kappa shape index (κ3) is 3.28. The van der Waals surface area contributed by atoms with E-state index in [0.717, 1.165) is 15.6 Å². The molecule has 1 aromatic heterocycles. The summed E-state index contributed by atoms with van der Waals surface area (Å²) < 4.78 is 6.83. The molecule has 106 valence electrons. The molecule has 5 heteroatoms. The standard InChI is InChI=1S/C15H18BrN3O/c1-9(2)14-18-13(17)10(3)15(19-14)20-8-11-6-4-5-7-12(11)16/h4-7,9H,8H2,1-3H3,(H2,17,18,19). The minimum absolute atomic E-state index is 0.212. The number of nitrogen functional groups attached to an aromatic ring is 1. The molecule has 0 amide bonds. The van der Waals surface area contributed by atoms with E-state index >= 15 is 0 Å². The summed E-state index contributed by atoms with van der Waals surface area (Å²) >= 11 is 3.50. The van der Waals surface area contributed by atoms with Gasteiger partial charge in [-0.3, -0.25) is 0 Å². The number of nitrogens with zero attached hydrogens (tertiary/aromatic N) is 2. The van der Waals surface area contributed by atoms with Gasteiger partial charge in [0.1, 0.15) is 18.2 Å². The summed E-state index contributed by atoms with van der Waals surface area (Å²) in [6, 6.07) is 7.94. The molecular weight excluding hydrogens is 318 g/mol. The summed E-state index contributed by atoms with van der Waals surface area (Å²) in [5, 5.41) is 0. The Morgan fingerprint density at radius 1 is 1.25 bits per heavy atom. The van der Waals surface area contributed by atoms with E-state index in [4.69, 9.17) is 10.5 Å². The van der Waals surface area contributed by atoms with Crippen molar-refractivity contribution in [1.29, 1.82) is 0 Å². The third-order valence-corrected chi connectivity index (χ3v) is 3.77. The Morgan fingerprint density at radius 2 is 1.95 bits per heavy atom. The van der Waals surface area contributed by atoms with Gasteiger partial charge in [-0.05, 0) is 13.0 Å². The van der Waals surface area contributed by atoms with Crippen molar-refractivity contribution < 1.29 is 4.74 Å². The molecule has 0 saturated heterocycles. The molecule has 0 fully saturated rings. The van der Waals surface area contributed by atoms with Crippen molar-refractivity contribution in [3.05, 3.63) is 45.7 Å². The highest BCUT2D eigenvalue weighted by atomic mass is 79.9. The van der Waals surface area contributed by atoms with Crippen LogP contribution in [0.4, 0.5) is 5.82 Å². The second kappa shape index (κ2) is 6.22. The van der Waals surface area contributed by atoms with Gasteiger partial charge in [-0.2, -0.15) is 4.98 Å². The SMILES string of the molecule is Cc1c(N)nc(C(C)C)nc1OCc1ccccc1Br. The maximum atomic E-state index is 5.92. The Hall–Kier alpha value is -1.62. The lowest BCUT2D eigenvalue weighted by molar-refractivity contribution is 0.289. The Balaban J connectivity index is 2.23. The molecule has 0 aliphatic rings. The van der Waals surface area contributed by atoms with Gasteiger partial charge in [-0.1, -0.05) is 48.0 Å². The lowest BCUT2D eigenvalue weighted by atomic mass is 10.2. The predicted molar refractivity (Wildman–Crippen MR) is 83.7 cm³/mol. The number of rotatable bonds is 4. The maximum absolute atomic E-state index is 5.92. The number of aromatic nitrogens is 2. The predicted octanol–water partition coefficient (Wildman–Crippen LogP) is 3.83. The summed E-state index contributed by atoms with van der Waals surface area (Å²) in [5.41, 5.74) is 7.76. The number of hydrogen-bond donors (Lipinski definition) is 1. The van der Waals surface area contributed by atoms with Crippen LogP contribution in [0.3, 0.4) is 0 Å². The van der Waals surface area contributed by atoms with Crippen LogP contribution in [-0.4, -0.2) is 9.97 Å². The fourth-order valence-electron chi connectivity index (χ4n) is 1.69. The molecule has 2 aromatic rings. The summed E-state index contributed by atoms with van der Waals surface area (Å²) in [5.74, 6) is 1.95. The van der Waals surface area contributed by atoms with Crippen LogP contribution in [0.2, 0.25) is 0 Å². The fourth-order valence-corrected chi connectivity index (χ4v) is 2.09. The van der Waals surface area contributed by atoms with Crippen LogP contribution in [0, 0.1) is 6.92 Å². The molecule has 4 nitrogen and oxygen atoms in total. The molecule has 0 aliphatic heterocycles. The van der Waals surface area contributed by atoms with Crippen LogP contribution < -0.4 is 10.5 Å². The fraction of sp³-hybridized carbons (Fsp3) is 0.333. The normalized spacial score (nSPS) is 10.8. The van der Waals surface area contributed by atoms with Crippen LogP contribution >= 0.6 is 15.9 Å². The molecule has 2 N–H and O–H groups in total. The van der Waals surface area contributed by atoms with Gasteiger partial charge in [0, 0.05) is 16.0 Å². The van der Waals surface area contributed by atoms with Gasteiger partial charge < -0.3 is 10.5 Å². The number of halogens is 1. The number of anilines is 1. The quantitative estimate of drug-likeness (QED) is 0.922. The smallest absolute Gasteiger partial charge is 0.222 e. The van der Waals surface area contributed by atoms with Crippen molar-refractivity contribution in [3.63, 3.8) is 0 Å². The Labute approximate surface area is 127 Å². The van der Waals surface area contributed by atoms with Crippen LogP contribution in [0.15, 0.2) is 28.7 Å². The van der Waals surface area contributed by atoms with Crippen molar-refractivity contribution in [2.45, 2.75) is 33.3 Å². The maximum Gasteiger partial charge on any atom is 0.222 e. The molecule has 0 unspecified atom stereocenters. The zero-order chi connectivity index (χ0) is 14.7. The molecule has 0 atom stereocenters.